The lowest BCUT2D eigenvalue weighted by Gasteiger charge is -2.39. The lowest BCUT2D eigenvalue weighted by molar-refractivity contribution is -0.253. The minimum absolute atomic E-state index is 0.00727. The SMILES string of the molecule is O=C(CCCCCCC(=O)Nc1cccc(C2OC(CN3CCCC3CN3CCCC3)CC(c3ccc(CO)cc3)O2)c1)NO. The molecule has 2 aromatic carbocycles. The number of hydroxylamine groups is 1. The number of likely N-dealkylation sites (tertiary alicyclic amines) is 2. The monoisotopic (exact) mass is 622 g/mol. The topological polar surface area (TPSA) is 124 Å². The Bertz CT molecular complexity index is 1220. The van der Waals surface area contributed by atoms with Crippen molar-refractivity contribution in [2.75, 3.05) is 38.0 Å². The molecule has 3 fully saturated rings. The van der Waals surface area contributed by atoms with Crippen molar-refractivity contribution >= 4 is 17.5 Å². The number of aliphatic hydroxyl groups is 1. The third-order valence-electron chi connectivity index (χ3n) is 9.34. The second-order valence-corrected chi connectivity index (χ2v) is 12.8. The van der Waals surface area contributed by atoms with E-state index in [4.69, 9.17) is 14.7 Å². The Morgan fingerprint density at radius 2 is 1.60 bits per heavy atom. The number of carbonyl (C=O) groups excluding carboxylic acids is 2. The van der Waals surface area contributed by atoms with Crippen LogP contribution in [-0.2, 0) is 25.7 Å². The summed E-state index contributed by atoms with van der Waals surface area (Å²) in [6, 6.07) is 16.3. The van der Waals surface area contributed by atoms with E-state index in [-0.39, 0.29) is 37.0 Å². The predicted octanol–water partition coefficient (Wildman–Crippen LogP) is 5.07. The second kappa shape index (κ2) is 17.2. The van der Waals surface area contributed by atoms with Gasteiger partial charge in [0.25, 0.3) is 0 Å². The van der Waals surface area contributed by atoms with Gasteiger partial charge >= 0.3 is 0 Å². The molecule has 3 aliphatic heterocycles. The van der Waals surface area contributed by atoms with Crippen molar-refractivity contribution in [1.29, 1.82) is 0 Å². The maximum atomic E-state index is 12.7. The van der Waals surface area contributed by atoms with E-state index in [0.29, 0.717) is 24.6 Å². The fraction of sp³-hybridized carbons (Fsp3) is 0.600. The maximum absolute atomic E-state index is 12.7. The Kier molecular flexibility index (Phi) is 12.8. The van der Waals surface area contributed by atoms with Crippen LogP contribution in [-0.4, -0.2) is 76.8 Å². The summed E-state index contributed by atoms with van der Waals surface area (Å²) in [5.41, 5.74) is 5.16. The van der Waals surface area contributed by atoms with Gasteiger partial charge in [0.1, 0.15) is 0 Å². The summed E-state index contributed by atoms with van der Waals surface area (Å²) in [4.78, 5) is 29.0. The fourth-order valence-electron chi connectivity index (χ4n) is 6.87. The molecule has 45 heavy (non-hydrogen) atoms. The number of carbonyl (C=O) groups is 2. The Morgan fingerprint density at radius 3 is 2.33 bits per heavy atom. The zero-order valence-electron chi connectivity index (χ0n) is 26.4. The van der Waals surface area contributed by atoms with E-state index in [1.165, 1.54) is 38.8 Å². The average molecular weight is 623 g/mol. The number of unbranched alkanes of at least 4 members (excludes halogenated alkanes) is 3. The molecule has 246 valence electrons. The molecule has 2 aromatic rings. The number of amides is 2. The highest BCUT2D eigenvalue weighted by molar-refractivity contribution is 5.90. The van der Waals surface area contributed by atoms with Gasteiger partial charge in [0.15, 0.2) is 6.29 Å². The van der Waals surface area contributed by atoms with E-state index in [0.717, 1.165) is 62.0 Å². The van der Waals surface area contributed by atoms with Crippen molar-refractivity contribution in [3.8, 4) is 0 Å². The number of hydrogen-bond acceptors (Lipinski definition) is 8. The third kappa shape index (κ3) is 10.1. The van der Waals surface area contributed by atoms with Crippen LogP contribution in [0.15, 0.2) is 48.5 Å². The normalized spacial score (nSPS) is 24.1. The summed E-state index contributed by atoms with van der Waals surface area (Å²) < 4.78 is 13.2. The molecule has 0 aliphatic carbocycles. The summed E-state index contributed by atoms with van der Waals surface area (Å²) in [5, 5.41) is 21.1. The molecule has 2 amide bonds. The van der Waals surface area contributed by atoms with Crippen LogP contribution in [0, 0.1) is 0 Å². The molecule has 3 saturated heterocycles. The smallest absolute Gasteiger partial charge is 0.243 e. The standard InChI is InChI=1S/C35H50N4O6/c40-25-26-14-16-27(17-15-26)32-22-31(24-39-20-8-11-30(39)23-38-18-5-6-19-38)44-35(45-32)28-9-7-10-29(21-28)36-33(41)12-3-1-2-4-13-34(42)37-43/h7,9-10,14-17,21,30-32,35,40,43H,1-6,8,11-13,18-20,22-25H2,(H,36,41)(H,37,42). The van der Waals surface area contributed by atoms with Crippen LogP contribution >= 0.6 is 0 Å². The number of hydrogen-bond donors (Lipinski definition) is 4. The number of ether oxygens (including phenoxy) is 2. The van der Waals surface area contributed by atoms with Gasteiger partial charge in [-0.1, -0.05) is 49.2 Å². The van der Waals surface area contributed by atoms with Gasteiger partial charge in [-0.05, 0) is 81.4 Å². The van der Waals surface area contributed by atoms with Gasteiger partial charge in [-0.2, -0.15) is 0 Å². The molecule has 5 rings (SSSR count). The molecule has 0 spiro atoms. The number of nitrogens with zero attached hydrogens (tertiary/aromatic N) is 2. The largest absolute Gasteiger partial charge is 0.392 e. The van der Waals surface area contributed by atoms with Crippen molar-refractivity contribution in [3.05, 3.63) is 65.2 Å². The zero-order chi connectivity index (χ0) is 31.4. The van der Waals surface area contributed by atoms with Crippen LogP contribution < -0.4 is 10.8 Å². The first kappa shape index (κ1) is 33.5. The molecule has 10 heteroatoms. The van der Waals surface area contributed by atoms with Gasteiger partial charge in [-0.25, -0.2) is 5.48 Å². The first-order chi connectivity index (χ1) is 22.0. The fourth-order valence-corrected chi connectivity index (χ4v) is 6.87. The predicted molar refractivity (Wildman–Crippen MR) is 171 cm³/mol. The van der Waals surface area contributed by atoms with E-state index >= 15 is 0 Å². The Morgan fingerprint density at radius 1 is 0.844 bits per heavy atom. The van der Waals surface area contributed by atoms with Gasteiger partial charge in [0.05, 0.1) is 18.8 Å². The minimum Gasteiger partial charge on any atom is -0.392 e. The molecule has 3 aliphatic rings. The molecule has 4 unspecified atom stereocenters. The molecule has 4 N–H and O–H groups in total. The van der Waals surface area contributed by atoms with Gasteiger partial charge in [-0.3, -0.25) is 19.7 Å². The second-order valence-electron chi connectivity index (χ2n) is 12.8. The van der Waals surface area contributed by atoms with Crippen molar-refractivity contribution in [2.24, 2.45) is 0 Å². The zero-order valence-corrected chi connectivity index (χ0v) is 26.4. The first-order valence-corrected chi connectivity index (χ1v) is 16.8. The van der Waals surface area contributed by atoms with Crippen LogP contribution in [0.2, 0.25) is 0 Å². The van der Waals surface area contributed by atoms with Crippen molar-refractivity contribution < 1.29 is 29.4 Å². The van der Waals surface area contributed by atoms with E-state index < -0.39 is 6.29 Å². The molecule has 0 aromatic heterocycles. The number of nitrogens with one attached hydrogen (secondary N) is 2. The Balaban J connectivity index is 1.21. The lowest BCUT2D eigenvalue weighted by Crippen LogP contribution is -2.45. The Labute approximate surface area is 267 Å². The molecule has 0 radical (unpaired) electrons. The van der Waals surface area contributed by atoms with Crippen molar-refractivity contribution in [1.82, 2.24) is 15.3 Å². The minimum atomic E-state index is -0.570. The van der Waals surface area contributed by atoms with Gasteiger partial charge in [-0.15, -0.1) is 0 Å². The first-order valence-electron chi connectivity index (χ1n) is 16.8. The number of rotatable bonds is 15. The highest BCUT2D eigenvalue weighted by Crippen LogP contribution is 2.39. The molecule has 0 bridgehead atoms. The van der Waals surface area contributed by atoms with E-state index in [2.05, 4.69) is 15.1 Å². The van der Waals surface area contributed by atoms with Crippen LogP contribution in [0.5, 0.6) is 0 Å². The molecule has 4 atom stereocenters. The van der Waals surface area contributed by atoms with Crippen molar-refractivity contribution in [3.63, 3.8) is 0 Å². The number of anilines is 1. The molecule has 3 heterocycles. The van der Waals surface area contributed by atoms with Crippen LogP contribution in [0.3, 0.4) is 0 Å². The highest BCUT2D eigenvalue weighted by Gasteiger charge is 2.36. The maximum Gasteiger partial charge on any atom is 0.243 e. The number of aliphatic hydroxyl groups excluding tert-OH is 1. The molecular formula is C35H50N4O6. The molecular weight excluding hydrogens is 572 g/mol. The van der Waals surface area contributed by atoms with Crippen LogP contribution in [0.1, 0.15) is 99.7 Å². The van der Waals surface area contributed by atoms with Crippen molar-refractivity contribution in [2.45, 2.75) is 102 Å². The molecule has 0 saturated carbocycles. The average Bonchev–Trinajstić information content (AvgIpc) is 3.75. The summed E-state index contributed by atoms with van der Waals surface area (Å²) in [6.45, 7) is 5.54. The number of benzene rings is 2. The van der Waals surface area contributed by atoms with E-state index in [1.807, 2.05) is 48.5 Å². The Hall–Kier alpha value is -2.86. The quantitative estimate of drug-likeness (QED) is 0.123. The van der Waals surface area contributed by atoms with Crippen LogP contribution in [0.25, 0.3) is 0 Å². The molecule has 10 nitrogen and oxygen atoms in total. The lowest BCUT2D eigenvalue weighted by atomic mass is 9.99. The van der Waals surface area contributed by atoms with E-state index in [9.17, 15) is 14.7 Å². The summed E-state index contributed by atoms with van der Waals surface area (Å²) in [6.07, 6.45) is 8.86. The van der Waals surface area contributed by atoms with Gasteiger partial charge in [0.2, 0.25) is 11.8 Å². The van der Waals surface area contributed by atoms with E-state index in [1.54, 1.807) is 5.48 Å². The van der Waals surface area contributed by atoms with Gasteiger partial charge < -0.3 is 24.8 Å². The third-order valence-corrected chi connectivity index (χ3v) is 9.34. The highest BCUT2D eigenvalue weighted by atomic mass is 16.7. The summed E-state index contributed by atoms with van der Waals surface area (Å²) in [7, 11) is 0. The van der Waals surface area contributed by atoms with Gasteiger partial charge in [0, 0.05) is 49.6 Å². The van der Waals surface area contributed by atoms with Crippen LogP contribution in [0.4, 0.5) is 5.69 Å². The summed E-state index contributed by atoms with van der Waals surface area (Å²) in [5.74, 6) is -0.433. The summed E-state index contributed by atoms with van der Waals surface area (Å²) >= 11 is 0.